The van der Waals surface area contributed by atoms with E-state index in [2.05, 4.69) is 34.4 Å². The molecule has 0 radical (unpaired) electrons. The van der Waals surface area contributed by atoms with Gasteiger partial charge in [-0.15, -0.1) is 0 Å². The van der Waals surface area contributed by atoms with Gasteiger partial charge in [-0.2, -0.15) is 18.2 Å². The average Bonchev–Trinajstić information content (AvgIpc) is 2.63. The van der Waals surface area contributed by atoms with Crippen molar-refractivity contribution >= 4 is 23.1 Å². The van der Waals surface area contributed by atoms with E-state index in [0.29, 0.717) is 17.3 Å². The molecular formula is C21H21F3N4. The molecular weight excluding hydrogens is 365 g/mol. The van der Waals surface area contributed by atoms with Crippen LogP contribution >= 0.6 is 0 Å². The minimum atomic E-state index is -4.57. The summed E-state index contributed by atoms with van der Waals surface area (Å²) in [7, 11) is 0. The molecule has 0 unspecified atom stereocenters. The van der Waals surface area contributed by atoms with E-state index < -0.39 is 11.7 Å². The molecule has 0 spiro atoms. The second-order valence-corrected chi connectivity index (χ2v) is 6.80. The highest BCUT2D eigenvalue weighted by Gasteiger charge is 2.35. The molecule has 1 heterocycles. The summed E-state index contributed by atoms with van der Waals surface area (Å²) in [5.41, 5.74) is 2.32. The van der Waals surface area contributed by atoms with Gasteiger partial charge in [0, 0.05) is 17.6 Å². The van der Waals surface area contributed by atoms with Crippen molar-refractivity contribution in [2.45, 2.75) is 32.9 Å². The van der Waals surface area contributed by atoms with Crippen LogP contribution in [0.4, 0.5) is 36.3 Å². The summed E-state index contributed by atoms with van der Waals surface area (Å²) >= 11 is 0. The summed E-state index contributed by atoms with van der Waals surface area (Å²) in [6.45, 7) is 5.99. The van der Waals surface area contributed by atoms with E-state index in [1.54, 1.807) is 12.1 Å². The van der Waals surface area contributed by atoms with Crippen LogP contribution in [0.1, 0.15) is 36.5 Å². The number of nitrogens with one attached hydrogen (secondary N) is 2. The van der Waals surface area contributed by atoms with Crippen LogP contribution in [0.3, 0.4) is 0 Å². The lowest BCUT2D eigenvalue weighted by Gasteiger charge is -2.16. The van der Waals surface area contributed by atoms with E-state index in [1.165, 1.54) is 5.56 Å². The molecule has 7 heteroatoms. The van der Waals surface area contributed by atoms with Gasteiger partial charge in [-0.1, -0.05) is 44.2 Å². The number of hydrogen-bond donors (Lipinski definition) is 2. The molecule has 146 valence electrons. The highest BCUT2D eigenvalue weighted by Crippen LogP contribution is 2.35. The van der Waals surface area contributed by atoms with Crippen molar-refractivity contribution < 1.29 is 13.2 Å². The quantitative estimate of drug-likeness (QED) is 0.532. The van der Waals surface area contributed by atoms with Crippen LogP contribution in [0.2, 0.25) is 0 Å². The first-order chi connectivity index (χ1) is 13.2. The molecule has 3 aromatic rings. The maximum atomic E-state index is 13.4. The van der Waals surface area contributed by atoms with Gasteiger partial charge in [-0.3, -0.25) is 0 Å². The minimum Gasteiger partial charge on any atom is -0.339 e. The molecule has 0 saturated heterocycles. The number of halogens is 3. The van der Waals surface area contributed by atoms with Crippen LogP contribution in [0.15, 0.2) is 54.7 Å². The van der Waals surface area contributed by atoms with Gasteiger partial charge in [-0.05, 0) is 42.2 Å². The first-order valence-electron chi connectivity index (χ1n) is 8.88. The largest absolute Gasteiger partial charge is 0.421 e. The monoisotopic (exact) mass is 386 g/mol. The van der Waals surface area contributed by atoms with Crippen molar-refractivity contribution in [2.24, 2.45) is 0 Å². The van der Waals surface area contributed by atoms with E-state index in [9.17, 15) is 13.2 Å². The second-order valence-electron chi connectivity index (χ2n) is 6.80. The summed E-state index contributed by atoms with van der Waals surface area (Å²) < 4.78 is 40.2. The predicted molar refractivity (Wildman–Crippen MR) is 105 cm³/mol. The Morgan fingerprint density at radius 2 is 1.61 bits per heavy atom. The summed E-state index contributed by atoms with van der Waals surface area (Å²) in [5, 5.41) is 5.75. The molecule has 2 N–H and O–H groups in total. The predicted octanol–water partition coefficient (Wildman–Crippen LogP) is 6.41. The van der Waals surface area contributed by atoms with E-state index in [0.717, 1.165) is 11.8 Å². The van der Waals surface area contributed by atoms with Crippen LogP contribution in [-0.4, -0.2) is 9.97 Å². The Kier molecular flexibility index (Phi) is 5.53. The Balaban J connectivity index is 1.92. The number of rotatable bonds is 5. The number of para-hydroxylation sites is 1. The number of alkyl halides is 3. The highest BCUT2D eigenvalue weighted by molar-refractivity contribution is 5.65. The number of hydrogen-bond acceptors (Lipinski definition) is 4. The van der Waals surface area contributed by atoms with Gasteiger partial charge in [-0.25, -0.2) is 4.98 Å². The Hall–Kier alpha value is -3.09. The van der Waals surface area contributed by atoms with Gasteiger partial charge < -0.3 is 10.6 Å². The lowest BCUT2D eigenvalue weighted by molar-refractivity contribution is -0.137. The molecule has 4 nitrogen and oxygen atoms in total. The van der Waals surface area contributed by atoms with E-state index >= 15 is 0 Å². The summed E-state index contributed by atoms with van der Waals surface area (Å²) in [5.74, 6) is 0.181. The third-order valence-corrected chi connectivity index (χ3v) is 4.33. The average molecular weight is 386 g/mol. The fraction of sp³-hybridized carbons (Fsp3) is 0.238. The maximum absolute atomic E-state index is 13.4. The number of nitrogens with zero attached hydrogens (tertiary/aromatic N) is 2. The number of aromatic nitrogens is 2. The minimum absolute atomic E-state index is 0.0846. The van der Waals surface area contributed by atoms with Crippen molar-refractivity contribution in [3.8, 4) is 0 Å². The zero-order valence-corrected chi connectivity index (χ0v) is 15.8. The zero-order valence-electron chi connectivity index (χ0n) is 15.8. The molecule has 0 aliphatic heterocycles. The molecule has 3 rings (SSSR count). The molecule has 0 aliphatic carbocycles. The highest BCUT2D eigenvalue weighted by atomic mass is 19.4. The topological polar surface area (TPSA) is 49.8 Å². The molecule has 0 saturated carbocycles. The van der Waals surface area contributed by atoms with Crippen LogP contribution in [0.25, 0.3) is 0 Å². The fourth-order valence-electron chi connectivity index (χ4n) is 2.67. The number of anilines is 4. The zero-order chi connectivity index (χ0) is 20.3. The standard InChI is InChI=1S/C21H21F3N4/c1-13(2)15-8-10-16(11-9-15)26-20-25-12-17(21(22,23)24)19(28-20)27-18-7-5-4-6-14(18)3/h4-13H,1-3H3,(H2,25,26,27,28). The number of benzene rings is 2. The molecule has 1 aromatic heterocycles. The SMILES string of the molecule is Cc1ccccc1Nc1nc(Nc2ccc(C(C)C)cc2)ncc1C(F)(F)F. The van der Waals surface area contributed by atoms with Crippen LogP contribution in [0.5, 0.6) is 0 Å². The van der Waals surface area contributed by atoms with Gasteiger partial charge in [0.1, 0.15) is 11.4 Å². The van der Waals surface area contributed by atoms with Crippen LogP contribution in [-0.2, 0) is 6.18 Å². The first kappa shape index (κ1) is 19.7. The van der Waals surface area contributed by atoms with E-state index in [-0.39, 0.29) is 11.8 Å². The van der Waals surface area contributed by atoms with Gasteiger partial charge in [0.05, 0.1) is 0 Å². The van der Waals surface area contributed by atoms with E-state index in [4.69, 9.17) is 0 Å². The van der Waals surface area contributed by atoms with Crippen molar-refractivity contribution in [2.75, 3.05) is 10.6 Å². The van der Waals surface area contributed by atoms with Crippen LogP contribution in [0, 0.1) is 6.92 Å². The third kappa shape index (κ3) is 4.60. The van der Waals surface area contributed by atoms with Gasteiger partial charge in [0.2, 0.25) is 5.95 Å². The molecule has 0 bridgehead atoms. The third-order valence-electron chi connectivity index (χ3n) is 4.33. The molecule has 0 atom stereocenters. The smallest absolute Gasteiger partial charge is 0.339 e. The van der Waals surface area contributed by atoms with Crippen molar-refractivity contribution in [1.82, 2.24) is 9.97 Å². The molecule has 0 fully saturated rings. The molecule has 0 amide bonds. The lowest BCUT2D eigenvalue weighted by atomic mass is 10.0. The van der Waals surface area contributed by atoms with Crippen molar-refractivity contribution in [3.05, 3.63) is 71.4 Å². The Morgan fingerprint density at radius 3 is 2.21 bits per heavy atom. The lowest BCUT2D eigenvalue weighted by Crippen LogP contribution is -2.13. The molecule has 2 aromatic carbocycles. The Bertz CT molecular complexity index is 951. The molecule has 0 aliphatic rings. The Morgan fingerprint density at radius 1 is 0.929 bits per heavy atom. The van der Waals surface area contributed by atoms with Crippen LogP contribution < -0.4 is 10.6 Å². The van der Waals surface area contributed by atoms with Crippen molar-refractivity contribution in [1.29, 1.82) is 0 Å². The normalized spacial score (nSPS) is 11.5. The summed E-state index contributed by atoms with van der Waals surface area (Å²) in [6.07, 6.45) is -3.78. The first-order valence-corrected chi connectivity index (χ1v) is 8.88. The Labute approximate surface area is 161 Å². The summed E-state index contributed by atoms with van der Waals surface area (Å²) in [4.78, 5) is 7.92. The fourth-order valence-corrected chi connectivity index (χ4v) is 2.67. The number of aryl methyl sites for hydroxylation is 1. The van der Waals surface area contributed by atoms with Gasteiger partial charge in [0.25, 0.3) is 0 Å². The van der Waals surface area contributed by atoms with Gasteiger partial charge in [0.15, 0.2) is 0 Å². The maximum Gasteiger partial charge on any atom is 0.421 e. The van der Waals surface area contributed by atoms with Crippen molar-refractivity contribution in [3.63, 3.8) is 0 Å². The van der Waals surface area contributed by atoms with Gasteiger partial charge >= 0.3 is 6.18 Å². The van der Waals surface area contributed by atoms with E-state index in [1.807, 2.05) is 43.3 Å². The molecule has 28 heavy (non-hydrogen) atoms. The summed E-state index contributed by atoms with van der Waals surface area (Å²) in [6, 6.07) is 14.7. The second kappa shape index (κ2) is 7.88.